The van der Waals surface area contributed by atoms with Crippen molar-refractivity contribution < 1.29 is 14.3 Å². The summed E-state index contributed by atoms with van der Waals surface area (Å²) in [6.07, 6.45) is 9.28. The number of hydrogen-bond acceptors (Lipinski definition) is 4. The minimum atomic E-state index is -0.356. The van der Waals surface area contributed by atoms with Gasteiger partial charge in [0.2, 0.25) is 5.91 Å². The smallest absolute Gasteiger partial charge is 0.243 e. The van der Waals surface area contributed by atoms with E-state index in [9.17, 15) is 4.79 Å². The lowest BCUT2D eigenvalue weighted by atomic mass is 10.1. The largest absolute Gasteiger partial charge is 0.354 e. The molecule has 1 aliphatic heterocycles. The highest BCUT2D eigenvalue weighted by molar-refractivity contribution is 5.85. The Morgan fingerprint density at radius 3 is 2.56 bits per heavy atom. The maximum atomic E-state index is 11.8. The highest BCUT2D eigenvalue weighted by Gasteiger charge is 2.41. The molecule has 1 spiro atoms. The number of carbonyl (C=O) groups excluding carboxylic acids is 1. The molecule has 1 heterocycles. The van der Waals surface area contributed by atoms with Crippen LogP contribution in [-0.2, 0) is 14.3 Å². The summed E-state index contributed by atoms with van der Waals surface area (Å²) in [5.41, 5.74) is 0. The Kier molecular flexibility index (Phi) is 6.17. The van der Waals surface area contributed by atoms with Gasteiger partial charge < -0.3 is 25.0 Å². The molecule has 7 nitrogen and oxygen atoms in total. The Labute approximate surface area is 150 Å². The van der Waals surface area contributed by atoms with Gasteiger partial charge in [0, 0.05) is 39.5 Å². The fourth-order valence-electron chi connectivity index (χ4n) is 3.32. The summed E-state index contributed by atoms with van der Waals surface area (Å²) in [5, 5.41) is 6.69. The fourth-order valence-corrected chi connectivity index (χ4v) is 3.32. The number of amides is 1. The molecule has 0 aromatic rings. The summed E-state index contributed by atoms with van der Waals surface area (Å²) in [4.78, 5) is 17.7. The molecule has 0 bridgehead atoms. The summed E-state index contributed by atoms with van der Waals surface area (Å²) in [6.45, 7) is 1.43. The number of aliphatic imine (C=N–C) groups is 1. The molecule has 1 amide bonds. The summed E-state index contributed by atoms with van der Waals surface area (Å²) in [7, 11) is 3.49. The van der Waals surface area contributed by atoms with Crippen molar-refractivity contribution >= 4 is 11.9 Å². The van der Waals surface area contributed by atoms with E-state index < -0.39 is 0 Å². The zero-order valence-electron chi connectivity index (χ0n) is 15.6. The Hall–Kier alpha value is -1.34. The molecule has 25 heavy (non-hydrogen) atoms. The van der Waals surface area contributed by atoms with Crippen molar-refractivity contribution in [2.75, 3.05) is 33.8 Å². The SMILES string of the molecule is CN(C)C(=O)CN=C(NCC1COC2(CCCCCC2)O1)NC1CC1. The first-order valence-electron chi connectivity index (χ1n) is 9.63. The minimum absolute atomic E-state index is 0.00486. The van der Waals surface area contributed by atoms with Crippen molar-refractivity contribution in [1.82, 2.24) is 15.5 Å². The van der Waals surface area contributed by atoms with Crippen LogP contribution < -0.4 is 10.6 Å². The fraction of sp³-hybridized carbons (Fsp3) is 0.889. The molecule has 1 unspecified atom stereocenters. The number of nitrogens with zero attached hydrogens (tertiary/aromatic N) is 2. The first-order valence-corrected chi connectivity index (χ1v) is 9.63. The second-order valence-corrected chi connectivity index (χ2v) is 7.63. The van der Waals surface area contributed by atoms with Gasteiger partial charge in [0.05, 0.1) is 6.61 Å². The van der Waals surface area contributed by atoms with Crippen LogP contribution in [-0.4, -0.2) is 68.5 Å². The second kappa shape index (κ2) is 8.36. The maximum absolute atomic E-state index is 11.8. The van der Waals surface area contributed by atoms with Gasteiger partial charge in [-0.15, -0.1) is 0 Å². The molecule has 142 valence electrons. The van der Waals surface area contributed by atoms with E-state index in [2.05, 4.69) is 15.6 Å². The van der Waals surface area contributed by atoms with E-state index >= 15 is 0 Å². The molecule has 3 aliphatic rings. The van der Waals surface area contributed by atoms with Crippen LogP contribution in [0.3, 0.4) is 0 Å². The molecule has 3 fully saturated rings. The number of nitrogens with one attached hydrogen (secondary N) is 2. The number of rotatable bonds is 5. The summed E-state index contributed by atoms with van der Waals surface area (Å²) < 4.78 is 12.3. The van der Waals surface area contributed by atoms with Crippen LogP contribution in [0, 0.1) is 0 Å². The third-order valence-electron chi connectivity index (χ3n) is 5.07. The molecule has 2 N–H and O–H groups in total. The lowest BCUT2D eigenvalue weighted by molar-refractivity contribution is -0.175. The molecule has 1 atom stereocenters. The summed E-state index contributed by atoms with van der Waals surface area (Å²) >= 11 is 0. The molecular formula is C18H32N4O3. The molecule has 3 rings (SSSR count). The molecule has 7 heteroatoms. The Balaban J connectivity index is 1.49. The van der Waals surface area contributed by atoms with Gasteiger partial charge in [-0.1, -0.05) is 12.8 Å². The van der Waals surface area contributed by atoms with Crippen molar-refractivity contribution in [1.29, 1.82) is 0 Å². The standard InChI is InChI=1S/C18H32N4O3/c1-22(2)16(23)12-20-17(21-14-7-8-14)19-11-15-13-24-18(25-15)9-5-3-4-6-10-18/h14-15H,3-13H2,1-2H3,(H2,19,20,21). The number of hydrogen-bond donors (Lipinski definition) is 2. The molecule has 0 radical (unpaired) electrons. The van der Waals surface area contributed by atoms with Crippen molar-refractivity contribution in [3.63, 3.8) is 0 Å². The average Bonchev–Trinajstić information content (AvgIpc) is 3.35. The van der Waals surface area contributed by atoms with E-state index in [1.165, 1.54) is 25.7 Å². The number of carbonyl (C=O) groups is 1. The van der Waals surface area contributed by atoms with Crippen LogP contribution in [0.4, 0.5) is 0 Å². The molecule has 1 saturated heterocycles. The van der Waals surface area contributed by atoms with Gasteiger partial charge in [-0.3, -0.25) is 4.79 Å². The van der Waals surface area contributed by atoms with E-state index in [-0.39, 0.29) is 24.3 Å². The Morgan fingerprint density at radius 2 is 1.92 bits per heavy atom. The Morgan fingerprint density at radius 1 is 1.20 bits per heavy atom. The highest BCUT2D eigenvalue weighted by Crippen LogP contribution is 2.36. The zero-order valence-corrected chi connectivity index (χ0v) is 15.6. The van der Waals surface area contributed by atoms with Crippen molar-refractivity contribution in [3.8, 4) is 0 Å². The molecule has 2 aliphatic carbocycles. The number of guanidine groups is 1. The topological polar surface area (TPSA) is 75.2 Å². The van der Waals surface area contributed by atoms with Crippen LogP contribution in [0.25, 0.3) is 0 Å². The van der Waals surface area contributed by atoms with Gasteiger partial charge in [0.25, 0.3) is 0 Å². The quantitative estimate of drug-likeness (QED) is 0.575. The van der Waals surface area contributed by atoms with Crippen molar-refractivity contribution in [2.24, 2.45) is 4.99 Å². The van der Waals surface area contributed by atoms with Gasteiger partial charge in [-0.2, -0.15) is 0 Å². The van der Waals surface area contributed by atoms with Gasteiger partial charge in [0.15, 0.2) is 11.7 Å². The molecule has 0 aromatic carbocycles. The van der Waals surface area contributed by atoms with Crippen LogP contribution in [0.15, 0.2) is 4.99 Å². The van der Waals surface area contributed by atoms with E-state index in [0.29, 0.717) is 25.2 Å². The van der Waals surface area contributed by atoms with E-state index in [1.54, 1.807) is 19.0 Å². The van der Waals surface area contributed by atoms with E-state index in [1.807, 2.05) is 0 Å². The number of likely N-dealkylation sites (N-methyl/N-ethyl adjacent to an activating group) is 1. The van der Waals surface area contributed by atoms with Crippen LogP contribution in [0.5, 0.6) is 0 Å². The zero-order chi connectivity index (χ0) is 17.7. The normalized spacial score (nSPS) is 26.3. The van der Waals surface area contributed by atoms with E-state index in [4.69, 9.17) is 9.47 Å². The monoisotopic (exact) mass is 352 g/mol. The third kappa shape index (κ3) is 5.57. The van der Waals surface area contributed by atoms with E-state index in [0.717, 1.165) is 25.7 Å². The third-order valence-corrected chi connectivity index (χ3v) is 5.07. The predicted molar refractivity (Wildman–Crippen MR) is 96.4 cm³/mol. The van der Waals surface area contributed by atoms with Gasteiger partial charge in [0.1, 0.15) is 12.6 Å². The van der Waals surface area contributed by atoms with Gasteiger partial charge in [-0.25, -0.2) is 4.99 Å². The Bertz CT molecular complexity index is 483. The predicted octanol–water partition coefficient (Wildman–Crippen LogP) is 1.24. The maximum Gasteiger partial charge on any atom is 0.243 e. The summed E-state index contributed by atoms with van der Waals surface area (Å²) in [6, 6.07) is 0.481. The highest BCUT2D eigenvalue weighted by atomic mass is 16.7. The lowest BCUT2D eigenvalue weighted by Crippen LogP contribution is -2.44. The van der Waals surface area contributed by atoms with Crippen molar-refractivity contribution in [3.05, 3.63) is 0 Å². The second-order valence-electron chi connectivity index (χ2n) is 7.63. The molecular weight excluding hydrogens is 320 g/mol. The molecule has 0 aromatic heterocycles. The molecule has 2 saturated carbocycles. The van der Waals surface area contributed by atoms with Crippen LogP contribution in [0.1, 0.15) is 51.4 Å². The lowest BCUT2D eigenvalue weighted by Gasteiger charge is -2.26. The van der Waals surface area contributed by atoms with Crippen LogP contribution >= 0.6 is 0 Å². The number of ether oxygens (including phenoxy) is 2. The van der Waals surface area contributed by atoms with Gasteiger partial charge in [-0.05, 0) is 25.7 Å². The minimum Gasteiger partial charge on any atom is -0.354 e. The summed E-state index contributed by atoms with van der Waals surface area (Å²) in [5.74, 6) is 0.336. The average molecular weight is 352 g/mol. The van der Waals surface area contributed by atoms with Crippen LogP contribution in [0.2, 0.25) is 0 Å². The van der Waals surface area contributed by atoms with Gasteiger partial charge >= 0.3 is 0 Å². The van der Waals surface area contributed by atoms with Crippen molar-refractivity contribution in [2.45, 2.75) is 69.3 Å². The first kappa shape index (κ1) is 18.5. The first-order chi connectivity index (χ1) is 12.1.